The second-order valence-corrected chi connectivity index (χ2v) is 5.69. The summed E-state index contributed by atoms with van der Waals surface area (Å²) in [5, 5.41) is 5.81. The van der Waals surface area contributed by atoms with Gasteiger partial charge in [-0.25, -0.2) is 0 Å². The van der Waals surface area contributed by atoms with Gasteiger partial charge in [-0.15, -0.1) is 11.3 Å². The molecule has 1 fully saturated rings. The Bertz CT molecular complexity index is 293. The van der Waals surface area contributed by atoms with Crippen molar-refractivity contribution >= 4 is 11.3 Å². The van der Waals surface area contributed by atoms with Crippen molar-refractivity contribution in [3.8, 4) is 0 Å². The third-order valence-corrected chi connectivity index (χ3v) is 4.41. The molecule has 1 saturated heterocycles. The molecule has 17 heavy (non-hydrogen) atoms. The molecule has 2 unspecified atom stereocenters. The summed E-state index contributed by atoms with van der Waals surface area (Å²) in [7, 11) is 0. The molecule has 2 nitrogen and oxygen atoms in total. The van der Waals surface area contributed by atoms with Gasteiger partial charge >= 0.3 is 0 Å². The molecule has 0 saturated carbocycles. The first kappa shape index (κ1) is 13.1. The van der Waals surface area contributed by atoms with Crippen LogP contribution in [0.5, 0.6) is 0 Å². The van der Waals surface area contributed by atoms with Crippen LogP contribution < -0.4 is 5.32 Å². The lowest BCUT2D eigenvalue weighted by Gasteiger charge is -2.23. The van der Waals surface area contributed by atoms with E-state index in [0.717, 1.165) is 26.0 Å². The van der Waals surface area contributed by atoms with Gasteiger partial charge in [0.2, 0.25) is 0 Å². The monoisotopic (exact) mass is 253 g/mol. The molecule has 1 aliphatic heterocycles. The van der Waals surface area contributed by atoms with Gasteiger partial charge in [-0.2, -0.15) is 0 Å². The summed E-state index contributed by atoms with van der Waals surface area (Å²) in [6.07, 6.45) is 6.65. The summed E-state index contributed by atoms with van der Waals surface area (Å²) < 4.78 is 5.75. The molecule has 1 aromatic rings. The zero-order valence-electron chi connectivity index (χ0n) is 10.7. The smallest absolute Gasteiger partial charge is 0.0587 e. The number of hydrogen-bond donors (Lipinski definition) is 1. The van der Waals surface area contributed by atoms with Crippen LogP contribution in [0.1, 0.15) is 49.9 Å². The quantitative estimate of drug-likeness (QED) is 0.833. The first-order chi connectivity index (χ1) is 8.40. The number of nitrogens with one attached hydrogen (secondary N) is 1. The Morgan fingerprint density at radius 1 is 1.53 bits per heavy atom. The zero-order chi connectivity index (χ0) is 11.9. The van der Waals surface area contributed by atoms with Gasteiger partial charge < -0.3 is 10.1 Å². The van der Waals surface area contributed by atoms with E-state index in [4.69, 9.17) is 4.74 Å². The lowest BCUT2D eigenvalue weighted by molar-refractivity contribution is 0.0112. The molecule has 1 aliphatic rings. The Balaban J connectivity index is 1.69. The SMILES string of the molecule is CCC(NCCC1CCCCO1)c1cccs1. The third-order valence-electron chi connectivity index (χ3n) is 3.43. The predicted molar refractivity (Wildman–Crippen MR) is 73.6 cm³/mol. The standard InChI is InChI=1S/C14H23NOS/c1-2-13(14-7-5-11-17-14)15-9-8-12-6-3-4-10-16-12/h5,7,11-13,15H,2-4,6,8-10H2,1H3. The Labute approximate surface area is 108 Å². The summed E-state index contributed by atoms with van der Waals surface area (Å²) in [6.45, 7) is 4.28. The van der Waals surface area contributed by atoms with Gasteiger partial charge in [-0.1, -0.05) is 13.0 Å². The van der Waals surface area contributed by atoms with Crippen molar-refractivity contribution in [2.24, 2.45) is 0 Å². The van der Waals surface area contributed by atoms with E-state index < -0.39 is 0 Å². The van der Waals surface area contributed by atoms with Gasteiger partial charge in [0.25, 0.3) is 0 Å². The number of rotatable bonds is 6. The van der Waals surface area contributed by atoms with Crippen molar-refractivity contribution in [2.75, 3.05) is 13.2 Å². The van der Waals surface area contributed by atoms with E-state index in [9.17, 15) is 0 Å². The van der Waals surface area contributed by atoms with Crippen molar-refractivity contribution in [3.63, 3.8) is 0 Å². The highest BCUT2D eigenvalue weighted by molar-refractivity contribution is 7.10. The van der Waals surface area contributed by atoms with E-state index in [-0.39, 0.29) is 0 Å². The highest BCUT2D eigenvalue weighted by atomic mass is 32.1. The Morgan fingerprint density at radius 3 is 3.12 bits per heavy atom. The summed E-state index contributed by atoms with van der Waals surface area (Å²) in [4.78, 5) is 1.46. The van der Waals surface area contributed by atoms with Crippen LogP contribution in [0.25, 0.3) is 0 Å². The van der Waals surface area contributed by atoms with Crippen molar-refractivity contribution in [3.05, 3.63) is 22.4 Å². The van der Waals surface area contributed by atoms with Crippen LogP contribution in [0.4, 0.5) is 0 Å². The lowest BCUT2D eigenvalue weighted by atomic mass is 10.1. The van der Waals surface area contributed by atoms with Gasteiger partial charge in [0.15, 0.2) is 0 Å². The summed E-state index contributed by atoms with van der Waals surface area (Å²) in [5.74, 6) is 0. The van der Waals surface area contributed by atoms with Crippen LogP contribution in [0.15, 0.2) is 17.5 Å². The van der Waals surface area contributed by atoms with Gasteiger partial charge in [-0.05, 0) is 50.1 Å². The Kier molecular flexibility index (Phi) is 5.49. The normalized spacial score (nSPS) is 22.5. The maximum atomic E-state index is 5.75. The fourth-order valence-electron chi connectivity index (χ4n) is 2.39. The Morgan fingerprint density at radius 2 is 2.47 bits per heavy atom. The minimum atomic E-state index is 0.497. The molecule has 0 radical (unpaired) electrons. The van der Waals surface area contributed by atoms with E-state index in [1.807, 2.05) is 11.3 Å². The molecule has 1 aromatic heterocycles. The highest BCUT2D eigenvalue weighted by Gasteiger charge is 2.14. The molecular formula is C14H23NOS. The number of thiophene rings is 1. The summed E-state index contributed by atoms with van der Waals surface area (Å²) in [6, 6.07) is 4.89. The number of ether oxygens (including phenoxy) is 1. The molecule has 0 aliphatic carbocycles. The topological polar surface area (TPSA) is 21.3 Å². The molecule has 96 valence electrons. The summed E-state index contributed by atoms with van der Waals surface area (Å²) in [5.41, 5.74) is 0. The molecule has 0 spiro atoms. The molecule has 2 atom stereocenters. The maximum Gasteiger partial charge on any atom is 0.0587 e. The van der Waals surface area contributed by atoms with Crippen LogP contribution in [-0.4, -0.2) is 19.3 Å². The van der Waals surface area contributed by atoms with Crippen LogP contribution in [0.3, 0.4) is 0 Å². The van der Waals surface area contributed by atoms with Crippen molar-refractivity contribution in [2.45, 2.75) is 51.2 Å². The van der Waals surface area contributed by atoms with Crippen LogP contribution in [0, 0.1) is 0 Å². The molecule has 0 aromatic carbocycles. The Hall–Kier alpha value is -0.380. The van der Waals surface area contributed by atoms with Gasteiger partial charge in [0, 0.05) is 17.5 Å². The zero-order valence-corrected chi connectivity index (χ0v) is 11.5. The average Bonchev–Trinajstić information content (AvgIpc) is 2.90. The van der Waals surface area contributed by atoms with Crippen molar-refractivity contribution < 1.29 is 4.74 Å². The third kappa shape index (κ3) is 4.09. The first-order valence-electron chi connectivity index (χ1n) is 6.78. The van der Waals surface area contributed by atoms with Crippen LogP contribution in [0.2, 0.25) is 0 Å². The van der Waals surface area contributed by atoms with Gasteiger partial charge in [0.1, 0.15) is 0 Å². The second-order valence-electron chi connectivity index (χ2n) is 4.71. The van der Waals surface area contributed by atoms with E-state index in [1.54, 1.807) is 0 Å². The van der Waals surface area contributed by atoms with Crippen molar-refractivity contribution in [1.29, 1.82) is 0 Å². The minimum absolute atomic E-state index is 0.497. The van der Waals surface area contributed by atoms with E-state index in [1.165, 1.54) is 24.1 Å². The molecule has 0 bridgehead atoms. The van der Waals surface area contributed by atoms with E-state index in [0.29, 0.717) is 12.1 Å². The second kappa shape index (κ2) is 7.14. The van der Waals surface area contributed by atoms with E-state index in [2.05, 4.69) is 29.8 Å². The first-order valence-corrected chi connectivity index (χ1v) is 7.66. The largest absolute Gasteiger partial charge is 0.378 e. The van der Waals surface area contributed by atoms with Gasteiger partial charge in [-0.3, -0.25) is 0 Å². The fraction of sp³-hybridized carbons (Fsp3) is 0.714. The van der Waals surface area contributed by atoms with Crippen LogP contribution >= 0.6 is 11.3 Å². The summed E-state index contributed by atoms with van der Waals surface area (Å²) >= 11 is 1.85. The molecule has 2 heterocycles. The molecule has 3 heteroatoms. The molecule has 2 rings (SSSR count). The average molecular weight is 253 g/mol. The lowest BCUT2D eigenvalue weighted by Crippen LogP contribution is -2.27. The van der Waals surface area contributed by atoms with Crippen molar-refractivity contribution in [1.82, 2.24) is 5.32 Å². The molecular weight excluding hydrogens is 230 g/mol. The predicted octanol–water partition coefficient (Wildman–Crippen LogP) is 3.75. The molecule has 0 amide bonds. The van der Waals surface area contributed by atoms with Gasteiger partial charge in [0.05, 0.1) is 6.10 Å². The maximum absolute atomic E-state index is 5.75. The van der Waals surface area contributed by atoms with Crippen LogP contribution in [-0.2, 0) is 4.74 Å². The van der Waals surface area contributed by atoms with E-state index >= 15 is 0 Å². The highest BCUT2D eigenvalue weighted by Crippen LogP contribution is 2.22. The number of hydrogen-bond acceptors (Lipinski definition) is 3. The fourth-order valence-corrected chi connectivity index (χ4v) is 3.27. The molecule has 1 N–H and O–H groups in total. The minimum Gasteiger partial charge on any atom is -0.378 e.